The van der Waals surface area contributed by atoms with Crippen molar-refractivity contribution in [3.63, 3.8) is 0 Å². The first-order valence-electron chi connectivity index (χ1n) is 6.22. The second kappa shape index (κ2) is 7.64. The standard InChI is InChI=1S/C13H17BrClF3N2/c1-2-20(8-13(16,17)18)6-5-12(19)10-4-3-9(14)7-11(10)15/h3-4,7,12H,2,5-6,8,19H2,1H3. The molecule has 0 saturated carbocycles. The number of benzene rings is 1. The second-order valence-electron chi connectivity index (χ2n) is 4.54. The zero-order valence-corrected chi connectivity index (χ0v) is 13.4. The van der Waals surface area contributed by atoms with Crippen molar-refractivity contribution < 1.29 is 13.2 Å². The zero-order chi connectivity index (χ0) is 15.3. The lowest BCUT2D eigenvalue weighted by molar-refractivity contribution is -0.145. The van der Waals surface area contributed by atoms with Crippen LogP contribution in [0.5, 0.6) is 0 Å². The molecule has 0 saturated heterocycles. The molecule has 0 aromatic heterocycles. The third kappa shape index (κ3) is 5.99. The smallest absolute Gasteiger partial charge is 0.324 e. The third-order valence-corrected chi connectivity index (χ3v) is 3.79. The Kier molecular flexibility index (Phi) is 6.78. The Hall–Kier alpha value is -0.300. The molecule has 0 amide bonds. The SMILES string of the molecule is CCN(CCC(N)c1ccc(Br)cc1Cl)CC(F)(F)F. The van der Waals surface area contributed by atoms with E-state index in [-0.39, 0.29) is 12.6 Å². The molecule has 20 heavy (non-hydrogen) atoms. The van der Waals surface area contributed by atoms with Crippen LogP contribution in [-0.2, 0) is 0 Å². The largest absolute Gasteiger partial charge is 0.401 e. The van der Waals surface area contributed by atoms with Crippen molar-refractivity contribution >= 4 is 27.5 Å². The fourth-order valence-corrected chi connectivity index (χ4v) is 2.70. The Morgan fingerprint density at radius 2 is 2.05 bits per heavy atom. The van der Waals surface area contributed by atoms with Gasteiger partial charge in [0, 0.05) is 22.1 Å². The molecule has 2 nitrogen and oxygen atoms in total. The molecule has 0 fully saturated rings. The molecular formula is C13H17BrClF3N2. The molecule has 1 rings (SSSR count). The van der Waals surface area contributed by atoms with E-state index in [0.29, 0.717) is 18.0 Å². The lowest BCUT2D eigenvalue weighted by Crippen LogP contribution is -2.35. The van der Waals surface area contributed by atoms with Gasteiger partial charge in [-0.1, -0.05) is 40.5 Å². The summed E-state index contributed by atoms with van der Waals surface area (Å²) >= 11 is 9.37. The fraction of sp³-hybridized carbons (Fsp3) is 0.538. The summed E-state index contributed by atoms with van der Waals surface area (Å²) in [4.78, 5) is 1.33. The summed E-state index contributed by atoms with van der Waals surface area (Å²) < 4.78 is 37.9. The molecular weight excluding hydrogens is 357 g/mol. The minimum absolute atomic E-state index is 0.281. The molecule has 0 heterocycles. The van der Waals surface area contributed by atoms with Crippen LogP contribution in [0.2, 0.25) is 5.02 Å². The van der Waals surface area contributed by atoms with Crippen LogP contribution in [-0.4, -0.2) is 30.7 Å². The first kappa shape index (κ1) is 17.8. The summed E-state index contributed by atoms with van der Waals surface area (Å²) in [6, 6.07) is 4.95. The Bertz CT molecular complexity index is 440. The molecule has 0 bridgehead atoms. The van der Waals surface area contributed by atoms with Gasteiger partial charge in [0.25, 0.3) is 0 Å². The first-order valence-corrected chi connectivity index (χ1v) is 7.39. The van der Waals surface area contributed by atoms with Gasteiger partial charge >= 0.3 is 6.18 Å². The molecule has 114 valence electrons. The number of hydrogen-bond donors (Lipinski definition) is 1. The molecule has 7 heteroatoms. The summed E-state index contributed by atoms with van der Waals surface area (Å²) in [6.07, 6.45) is -3.76. The molecule has 0 aliphatic rings. The molecule has 1 aromatic carbocycles. The number of alkyl halides is 3. The summed E-state index contributed by atoms with van der Waals surface area (Å²) in [5.41, 5.74) is 6.75. The zero-order valence-electron chi connectivity index (χ0n) is 11.1. The number of nitrogens with two attached hydrogens (primary N) is 1. The van der Waals surface area contributed by atoms with Crippen molar-refractivity contribution in [1.82, 2.24) is 4.90 Å². The van der Waals surface area contributed by atoms with Crippen molar-refractivity contribution in [1.29, 1.82) is 0 Å². The number of hydrogen-bond acceptors (Lipinski definition) is 2. The molecule has 0 aliphatic carbocycles. The predicted octanol–water partition coefficient (Wildman–Crippen LogP) is 4.38. The van der Waals surface area contributed by atoms with Gasteiger partial charge in [-0.05, 0) is 30.7 Å². The van der Waals surface area contributed by atoms with Crippen molar-refractivity contribution in [2.75, 3.05) is 19.6 Å². The van der Waals surface area contributed by atoms with Crippen molar-refractivity contribution in [2.24, 2.45) is 5.73 Å². The Morgan fingerprint density at radius 3 is 2.55 bits per heavy atom. The molecule has 0 spiro atoms. The fourth-order valence-electron chi connectivity index (χ4n) is 1.88. The summed E-state index contributed by atoms with van der Waals surface area (Å²) in [7, 11) is 0. The minimum Gasteiger partial charge on any atom is -0.324 e. The highest BCUT2D eigenvalue weighted by molar-refractivity contribution is 9.10. The highest BCUT2D eigenvalue weighted by Crippen LogP contribution is 2.27. The van der Waals surface area contributed by atoms with E-state index in [1.54, 1.807) is 19.1 Å². The van der Waals surface area contributed by atoms with Gasteiger partial charge < -0.3 is 5.73 Å². The van der Waals surface area contributed by atoms with Crippen LogP contribution in [0.25, 0.3) is 0 Å². The molecule has 0 aliphatic heterocycles. The monoisotopic (exact) mass is 372 g/mol. The maximum absolute atomic E-state index is 12.3. The Labute approximate surface area is 130 Å². The molecule has 1 atom stereocenters. The van der Waals surface area contributed by atoms with Gasteiger partial charge in [0.1, 0.15) is 0 Å². The Balaban J connectivity index is 2.59. The summed E-state index contributed by atoms with van der Waals surface area (Å²) in [6.45, 7) is 1.40. The van der Waals surface area contributed by atoms with Gasteiger partial charge in [-0.15, -0.1) is 0 Å². The van der Waals surface area contributed by atoms with E-state index >= 15 is 0 Å². The van der Waals surface area contributed by atoms with Gasteiger partial charge in [0.15, 0.2) is 0 Å². The topological polar surface area (TPSA) is 29.3 Å². The van der Waals surface area contributed by atoms with Crippen LogP contribution >= 0.6 is 27.5 Å². The van der Waals surface area contributed by atoms with Crippen molar-refractivity contribution in [2.45, 2.75) is 25.6 Å². The van der Waals surface area contributed by atoms with E-state index in [2.05, 4.69) is 15.9 Å². The predicted molar refractivity (Wildman–Crippen MR) is 78.9 cm³/mol. The van der Waals surface area contributed by atoms with Gasteiger partial charge in [-0.3, -0.25) is 4.90 Å². The number of halogens is 5. The van der Waals surface area contributed by atoms with Crippen LogP contribution < -0.4 is 5.73 Å². The molecule has 2 N–H and O–H groups in total. The Morgan fingerprint density at radius 1 is 1.40 bits per heavy atom. The van der Waals surface area contributed by atoms with Crippen LogP contribution in [0, 0.1) is 0 Å². The quantitative estimate of drug-likeness (QED) is 0.802. The number of rotatable bonds is 6. The van der Waals surface area contributed by atoms with Gasteiger partial charge in [0.2, 0.25) is 0 Å². The average molecular weight is 374 g/mol. The molecule has 0 radical (unpaired) electrons. The normalized spacial score (nSPS) is 13.8. The average Bonchev–Trinajstić information content (AvgIpc) is 2.32. The van der Waals surface area contributed by atoms with Crippen LogP contribution in [0.1, 0.15) is 24.9 Å². The van der Waals surface area contributed by atoms with E-state index in [1.165, 1.54) is 4.90 Å². The van der Waals surface area contributed by atoms with E-state index < -0.39 is 12.7 Å². The van der Waals surface area contributed by atoms with Crippen LogP contribution in [0.15, 0.2) is 22.7 Å². The minimum atomic E-state index is -4.19. The van der Waals surface area contributed by atoms with Crippen LogP contribution in [0.4, 0.5) is 13.2 Å². The van der Waals surface area contributed by atoms with E-state index in [9.17, 15) is 13.2 Å². The van der Waals surface area contributed by atoms with E-state index in [0.717, 1.165) is 10.0 Å². The second-order valence-corrected chi connectivity index (χ2v) is 5.87. The van der Waals surface area contributed by atoms with Gasteiger partial charge in [-0.2, -0.15) is 13.2 Å². The summed E-state index contributed by atoms with van der Waals surface area (Å²) in [5, 5.41) is 0.519. The lowest BCUT2D eigenvalue weighted by atomic mass is 10.0. The van der Waals surface area contributed by atoms with Crippen molar-refractivity contribution in [3.05, 3.63) is 33.3 Å². The lowest BCUT2D eigenvalue weighted by Gasteiger charge is -2.24. The highest BCUT2D eigenvalue weighted by atomic mass is 79.9. The maximum Gasteiger partial charge on any atom is 0.401 e. The van der Waals surface area contributed by atoms with Crippen LogP contribution in [0.3, 0.4) is 0 Å². The highest BCUT2D eigenvalue weighted by Gasteiger charge is 2.30. The van der Waals surface area contributed by atoms with Gasteiger partial charge in [0.05, 0.1) is 6.54 Å². The molecule has 1 aromatic rings. The van der Waals surface area contributed by atoms with E-state index in [1.807, 2.05) is 6.07 Å². The molecule has 1 unspecified atom stereocenters. The third-order valence-electron chi connectivity index (χ3n) is 2.97. The first-order chi connectivity index (χ1) is 9.23. The van der Waals surface area contributed by atoms with Crippen molar-refractivity contribution in [3.8, 4) is 0 Å². The summed E-state index contributed by atoms with van der Waals surface area (Å²) in [5.74, 6) is 0. The number of nitrogens with zero attached hydrogens (tertiary/aromatic N) is 1. The maximum atomic E-state index is 12.3. The van der Waals surface area contributed by atoms with E-state index in [4.69, 9.17) is 17.3 Å². The van der Waals surface area contributed by atoms with Gasteiger partial charge in [-0.25, -0.2) is 0 Å².